The summed E-state index contributed by atoms with van der Waals surface area (Å²) in [6.45, 7) is 6.41. The van der Waals surface area contributed by atoms with Crippen molar-refractivity contribution < 1.29 is 4.92 Å². The fraction of sp³-hybridized carbons (Fsp3) is 0.538. The molecule has 1 aromatic carbocycles. The zero-order valence-electron chi connectivity index (χ0n) is 10.6. The molecular formula is C13H20N2O2. The molecule has 94 valence electrons. The molecule has 0 aromatic heterocycles. The van der Waals surface area contributed by atoms with E-state index in [-0.39, 0.29) is 16.7 Å². The number of nitrogens with zero attached hydrogens (tertiary/aromatic N) is 1. The Balaban J connectivity index is 2.64. The second-order valence-electron chi connectivity index (χ2n) is 4.79. The van der Waals surface area contributed by atoms with Crippen molar-refractivity contribution in [2.75, 3.05) is 5.32 Å². The maximum atomic E-state index is 10.8. The number of hydrogen-bond acceptors (Lipinski definition) is 3. The van der Waals surface area contributed by atoms with Crippen LogP contribution in [0.4, 0.5) is 11.4 Å². The lowest BCUT2D eigenvalue weighted by molar-refractivity contribution is -0.384. The molecule has 4 nitrogen and oxygen atoms in total. The Hall–Kier alpha value is -1.58. The minimum absolute atomic E-state index is 0.142. The average Bonchev–Trinajstić information content (AvgIpc) is 2.27. The molecule has 0 saturated heterocycles. The van der Waals surface area contributed by atoms with Gasteiger partial charge in [-0.2, -0.15) is 0 Å². The molecule has 0 aliphatic heterocycles. The highest BCUT2D eigenvalue weighted by molar-refractivity contribution is 5.61. The van der Waals surface area contributed by atoms with Crippen LogP contribution in [0.2, 0.25) is 0 Å². The summed E-state index contributed by atoms with van der Waals surface area (Å²) in [5, 5.41) is 14.0. The maximum Gasteiger partial charge on any atom is 0.292 e. The number of nitro benzene ring substituents is 1. The molecule has 0 saturated carbocycles. The molecular weight excluding hydrogens is 216 g/mol. The summed E-state index contributed by atoms with van der Waals surface area (Å²) in [6, 6.07) is 7.02. The summed E-state index contributed by atoms with van der Waals surface area (Å²) in [5.41, 5.74) is 0.748. The first-order valence-corrected chi connectivity index (χ1v) is 6.00. The molecule has 0 bridgehead atoms. The third kappa shape index (κ3) is 4.43. The van der Waals surface area contributed by atoms with Crippen LogP contribution in [0.5, 0.6) is 0 Å². The van der Waals surface area contributed by atoms with Crippen LogP contribution >= 0.6 is 0 Å². The molecule has 0 spiro atoms. The van der Waals surface area contributed by atoms with Crippen molar-refractivity contribution in [2.24, 2.45) is 5.92 Å². The second kappa shape index (κ2) is 6.23. The van der Waals surface area contributed by atoms with E-state index < -0.39 is 0 Å². The largest absolute Gasteiger partial charge is 0.377 e. The lowest BCUT2D eigenvalue weighted by Gasteiger charge is -2.16. The smallest absolute Gasteiger partial charge is 0.292 e. The third-order valence-corrected chi connectivity index (χ3v) is 2.68. The Morgan fingerprint density at radius 2 is 1.88 bits per heavy atom. The SMILES string of the molecule is CC(C)CCC(C)Nc1ccccc1[N+](=O)[O-]. The van der Waals surface area contributed by atoms with Gasteiger partial charge in [0.25, 0.3) is 5.69 Å². The normalized spacial score (nSPS) is 12.5. The summed E-state index contributed by atoms with van der Waals surface area (Å²) < 4.78 is 0. The molecule has 0 radical (unpaired) electrons. The van der Waals surface area contributed by atoms with Crippen molar-refractivity contribution in [3.63, 3.8) is 0 Å². The van der Waals surface area contributed by atoms with Gasteiger partial charge in [0.2, 0.25) is 0 Å². The lowest BCUT2D eigenvalue weighted by atomic mass is 10.0. The second-order valence-corrected chi connectivity index (χ2v) is 4.79. The Morgan fingerprint density at radius 1 is 1.24 bits per heavy atom. The fourth-order valence-electron chi connectivity index (χ4n) is 1.68. The number of rotatable bonds is 6. The predicted octanol–water partition coefficient (Wildman–Crippen LogP) is 3.83. The number of para-hydroxylation sites is 2. The number of anilines is 1. The van der Waals surface area contributed by atoms with Crippen LogP contribution in [-0.4, -0.2) is 11.0 Å². The van der Waals surface area contributed by atoms with Crippen molar-refractivity contribution in [3.8, 4) is 0 Å². The van der Waals surface area contributed by atoms with Gasteiger partial charge in [0.05, 0.1) is 4.92 Å². The van der Waals surface area contributed by atoms with E-state index in [1.54, 1.807) is 12.1 Å². The van der Waals surface area contributed by atoms with E-state index in [1.165, 1.54) is 6.07 Å². The molecule has 4 heteroatoms. The Morgan fingerprint density at radius 3 is 2.47 bits per heavy atom. The molecule has 0 heterocycles. The van der Waals surface area contributed by atoms with Gasteiger partial charge in [0.1, 0.15) is 5.69 Å². The first-order chi connectivity index (χ1) is 8.00. The van der Waals surface area contributed by atoms with Gasteiger partial charge in [0.15, 0.2) is 0 Å². The third-order valence-electron chi connectivity index (χ3n) is 2.68. The van der Waals surface area contributed by atoms with Crippen LogP contribution in [-0.2, 0) is 0 Å². The Labute approximate surface area is 102 Å². The van der Waals surface area contributed by atoms with Crippen LogP contribution in [0.1, 0.15) is 33.6 Å². The van der Waals surface area contributed by atoms with E-state index in [4.69, 9.17) is 0 Å². The van der Waals surface area contributed by atoms with Gasteiger partial charge in [-0.15, -0.1) is 0 Å². The van der Waals surface area contributed by atoms with Crippen LogP contribution in [0.15, 0.2) is 24.3 Å². The van der Waals surface area contributed by atoms with Crippen molar-refractivity contribution in [3.05, 3.63) is 34.4 Å². The zero-order valence-corrected chi connectivity index (χ0v) is 10.6. The molecule has 1 aromatic rings. The maximum absolute atomic E-state index is 10.8. The molecule has 0 aliphatic rings. The van der Waals surface area contributed by atoms with Crippen LogP contribution in [0.25, 0.3) is 0 Å². The average molecular weight is 236 g/mol. The monoisotopic (exact) mass is 236 g/mol. The van der Waals surface area contributed by atoms with Crippen molar-refractivity contribution in [1.82, 2.24) is 0 Å². The van der Waals surface area contributed by atoms with Crippen LogP contribution in [0.3, 0.4) is 0 Å². The number of hydrogen-bond donors (Lipinski definition) is 1. The number of benzene rings is 1. The molecule has 1 unspecified atom stereocenters. The quantitative estimate of drug-likeness (QED) is 0.603. The van der Waals surface area contributed by atoms with E-state index in [2.05, 4.69) is 26.1 Å². The standard InChI is InChI=1S/C13H20N2O2/c1-10(2)8-9-11(3)14-12-6-4-5-7-13(12)15(16)17/h4-7,10-11,14H,8-9H2,1-3H3. The van der Waals surface area contributed by atoms with E-state index in [0.717, 1.165) is 12.8 Å². The zero-order chi connectivity index (χ0) is 12.8. The summed E-state index contributed by atoms with van der Waals surface area (Å²) in [7, 11) is 0. The van der Waals surface area contributed by atoms with Gasteiger partial charge in [-0.3, -0.25) is 10.1 Å². The molecule has 0 amide bonds. The van der Waals surface area contributed by atoms with Crippen molar-refractivity contribution in [2.45, 2.75) is 39.7 Å². The highest BCUT2D eigenvalue weighted by Crippen LogP contribution is 2.24. The summed E-state index contributed by atoms with van der Waals surface area (Å²) in [5.74, 6) is 0.657. The highest BCUT2D eigenvalue weighted by atomic mass is 16.6. The summed E-state index contributed by atoms with van der Waals surface area (Å²) >= 11 is 0. The first-order valence-electron chi connectivity index (χ1n) is 6.00. The van der Waals surface area contributed by atoms with Crippen LogP contribution in [0, 0.1) is 16.0 Å². The van der Waals surface area contributed by atoms with Gasteiger partial charge in [0, 0.05) is 12.1 Å². The van der Waals surface area contributed by atoms with Crippen molar-refractivity contribution >= 4 is 11.4 Å². The first kappa shape index (κ1) is 13.5. The van der Waals surface area contributed by atoms with Gasteiger partial charge in [-0.05, 0) is 31.7 Å². The van der Waals surface area contributed by atoms with Crippen molar-refractivity contribution in [1.29, 1.82) is 0 Å². The Bertz CT molecular complexity index is 377. The minimum atomic E-state index is -0.350. The molecule has 1 rings (SSSR count). The van der Waals surface area contributed by atoms with Gasteiger partial charge in [-0.1, -0.05) is 26.0 Å². The van der Waals surface area contributed by atoms with Crippen LogP contribution < -0.4 is 5.32 Å². The number of nitro groups is 1. The van der Waals surface area contributed by atoms with Gasteiger partial charge < -0.3 is 5.32 Å². The number of nitrogens with one attached hydrogen (secondary N) is 1. The molecule has 0 aliphatic carbocycles. The molecule has 17 heavy (non-hydrogen) atoms. The minimum Gasteiger partial charge on any atom is -0.377 e. The molecule has 1 N–H and O–H groups in total. The highest BCUT2D eigenvalue weighted by Gasteiger charge is 2.14. The molecule has 1 atom stereocenters. The topological polar surface area (TPSA) is 55.2 Å². The fourth-order valence-corrected chi connectivity index (χ4v) is 1.68. The van der Waals surface area contributed by atoms with E-state index in [1.807, 2.05) is 6.07 Å². The lowest BCUT2D eigenvalue weighted by Crippen LogP contribution is -2.16. The summed E-state index contributed by atoms with van der Waals surface area (Å²) in [6.07, 6.45) is 2.14. The van der Waals surface area contributed by atoms with E-state index >= 15 is 0 Å². The van der Waals surface area contributed by atoms with Gasteiger partial charge >= 0.3 is 0 Å². The summed E-state index contributed by atoms with van der Waals surface area (Å²) in [4.78, 5) is 10.5. The predicted molar refractivity (Wildman–Crippen MR) is 70.3 cm³/mol. The Kier molecular flexibility index (Phi) is 4.94. The van der Waals surface area contributed by atoms with E-state index in [9.17, 15) is 10.1 Å². The molecule has 0 fully saturated rings. The van der Waals surface area contributed by atoms with E-state index in [0.29, 0.717) is 11.6 Å². The van der Waals surface area contributed by atoms with Gasteiger partial charge in [-0.25, -0.2) is 0 Å².